The molecule has 0 heterocycles. The number of amides is 1. The standard InChI is InChI=1S/C14H16BrF3N2O/c15-11-7-10(4-5-12(11)19)20-13(21)8-2-1-3-9(6-8)14(16,17)18/h4-5,7-9H,1-3,6,19H2,(H,20,21). The summed E-state index contributed by atoms with van der Waals surface area (Å²) in [7, 11) is 0. The first-order valence-electron chi connectivity index (χ1n) is 6.70. The van der Waals surface area contributed by atoms with Crippen LogP contribution in [0.2, 0.25) is 0 Å². The monoisotopic (exact) mass is 364 g/mol. The van der Waals surface area contributed by atoms with E-state index < -0.39 is 18.0 Å². The van der Waals surface area contributed by atoms with E-state index >= 15 is 0 Å². The van der Waals surface area contributed by atoms with Gasteiger partial charge in [0, 0.05) is 21.8 Å². The van der Waals surface area contributed by atoms with E-state index in [9.17, 15) is 18.0 Å². The molecule has 2 rings (SSSR count). The highest BCUT2D eigenvalue weighted by Gasteiger charge is 2.43. The van der Waals surface area contributed by atoms with Gasteiger partial charge in [-0.1, -0.05) is 6.42 Å². The summed E-state index contributed by atoms with van der Waals surface area (Å²) in [6, 6.07) is 4.89. The molecular formula is C14H16BrF3N2O. The van der Waals surface area contributed by atoms with Crippen molar-refractivity contribution in [3.8, 4) is 0 Å². The lowest BCUT2D eigenvalue weighted by atomic mass is 9.80. The van der Waals surface area contributed by atoms with Gasteiger partial charge in [0.25, 0.3) is 0 Å². The first-order chi connectivity index (χ1) is 9.77. The van der Waals surface area contributed by atoms with Crippen molar-refractivity contribution >= 4 is 33.2 Å². The molecule has 3 nitrogen and oxygen atoms in total. The summed E-state index contributed by atoms with van der Waals surface area (Å²) in [6.07, 6.45) is -3.32. The third-order valence-electron chi connectivity index (χ3n) is 3.78. The molecule has 1 saturated carbocycles. The van der Waals surface area contributed by atoms with Gasteiger partial charge in [-0.15, -0.1) is 0 Å². The molecule has 116 valence electrons. The Kier molecular flexibility index (Phi) is 4.81. The van der Waals surface area contributed by atoms with E-state index in [2.05, 4.69) is 21.2 Å². The summed E-state index contributed by atoms with van der Waals surface area (Å²) in [4.78, 5) is 12.1. The van der Waals surface area contributed by atoms with Gasteiger partial charge in [0.05, 0.1) is 5.92 Å². The minimum absolute atomic E-state index is 0.112. The number of rotatable bonds is 2. The maximum atomic E-state index is 12.8. The predicted molar refractivity (Wildman–Crippen MR) is 78.7 cm³/mol. The average Bonchev–Trinajstić information content (AvgIpc) is 2.42. The molecule has 2 atom stereocenters. The number of hydrogen-bond donors (Lipinski definition) is 2. The summed E-state index contributed by atoms with van der Waals surface area (Å²) in [5.74, 6) is -2.33. The van der Waals surface area contributed by atoms with Crippen LogP contribution in [0.5, 0.6) is 0 Å². The molecular weight excluding hydrogens is 349 g/mol. The Morgan fingerprint density at radius 2 is 2.05 bits per heavy atom. The molecule has 2 unspecified atom stereocenters. The molecule has 7 heteroatoms. The van der Waals surface area contributed by atoms with Gasteiger partial charge in [-0.2, -0.15) is 13.2 Å². The van der Waals surface area contributed by atoms with Crippen molar-refractivity contribution in [2.75, 3.05) is 11.1 Å². The summed E-state index contributed by atoms with van der Waals surface area (Å²) in [5.41, 5.74) is 6.70. The maximum Gasteiger partial charge on any atom is 0.391 e. The summed E-state index contributed by atoms with van der Waals surface area (Å²) < 4.78 is 38.9. The number of halogens is 4. The van der Waals surface area contributed by atoms with Crippen molar-refractivity contribution in [3.05, 3.63) is 22.7 Å². The third-order valence-corrected chi connectivity index (χ3v) is 4.46. The van der Waals surface area contributed by atoms with Gasteiger partial charge in [0.2, 0.25) is 5.91 Å². The average molecular weight is 365 g/mol. The second-order valence-corrected chi connectivity index (χ2v) is 6.18. The molecule has 0 bridgehead atoms. The molecule has 0 spiro atoms. The smallest absolute Gasteiger partial charge is 0.391 e. The van der Waals surface area contributed by atoms with E-state index in [1.807, 2.05) is 0 Å². The Morgan fingerprint density at radius 3 is 2.67 bits per heavy atom. The Hall–Kier alpha value is -1.24. The van der Waals surface area contributed by atoms with Crippen molar-refractivity contribution < 1.29 is 18.0 Å². The molecule has 1 amide bonds. The number of hydrogen-bond acceptors (Lipinski definition) is 2. The number of anilines is 2. The lowest BCUT2D eigenvalue weighted by molar-refractivity contribution is -0.185. The second kappa shape index (κ2) is 6.25. The Bertz CT molecular complexity index is 533. The molecule has 1 aromatic carbocycles. The van der Waals surface area contributed by atoms with Crippen LogP contribution >= 0.6 is 15.9 Å². The van der Waals surface area contributed by atoms with Crippen LogP contribution in [-0.4, -0.2) is 12.1 Å². The number of benzene rings is 1. The third kappa shape index (κ3) is 4.12. The zero-order chi connectivity index (χ0) is 15.6. The van der Waals surface area contributed by atoms with E-state index in [0.29, 0.717) is 28.7 Å². The molecule has 0 saturated heterocycles. The second-order valence-electron chi connectivity index (χ2n) is 5.33. The minimum Gasteiger partial charge on any atom is -0.398 e. The van der Waals surface area contributed by atoms with Crippen molar-refractivity contribution in [2.45, 2.75) is 31.9 Å². The molecule has 1 aliphatic rings. The van der Waals surface area contributed by atoms with E-state index in [4.69, 9.17) is 5.73 Å². The maximum absolute atomic E-state index is 12.8. The van der Waals surface area contributed by atoms with Gasteiger partial charge in [0.1, 0.15) is 0 Å². The van der Waals surface area contributed by atoms with Crippen LogP contribution in [0.4, 0.5) is 24.5 Å². The van der Waals surface area contributed by atoms with Crippen molar-refractivity contribution in [2.24, 2.45) is 11.8 Å². The SMILES string of the molecule is Nc1ccc(NC(=O)C2CCCC(C(F)(F)F)C2)cc1Br. The van der Waals surface area contributed by atoms with Crippen molar-refractivity contribution in [3.63, 3.8) is 0 Å². The number of nitrogens with one attached hydrogen (secondary N) is 1. The number of carbonyl (C=O) groups excluding carboxylic acids is 1. The Balaban J connectivity index is 2.01. The van der Waals surface area contributed by atoms with Gasteiger partial charge in [-0.3, -0.25) is 4.79 Å². The zero-order valence-electron chi connectivity index (χ0n) is 11.2. The first kappa shape index (κ1) is 16.1. The fourth-order valence-electron chi connectivity index (χ4n) is 2.57. The molecule has 1 aliphatic carbocycles. The van der Waals surface area contributed by atoms with E-state index in [1.165, 1.54) is 0 Å². The number of nitrogens with two attached hydrogens (primary N) is 1. The van der Waals surface area contributed by atoms with Crippen LogP contribution in [-0.2, 0) is 4.79 Å². The lowest BCUT2D eigenvalue weighted by Crippen LogP contribution is -2.34. The molecule has 1 aromatic rings. The number of nitrogen functional groups attached to an aromatic ring is 1. The first-order valence-corrected chi connectivity index (χ1v) is 7.49. The van der Waals surface area contributed by atoms with E-state index in [0.717, 1.165) is 0 Å². The summed E-state index contributed by atoms with van der Waals surface area (Å²) >= 11 is 3.24. The van der Waals surface area contributed by atoms with Crippen LogP contribution in [0.25, 0.3) is 0 Å². The molecule has 0 radical (unpaired) electrons. The highest BCUT2D eigenvalue weighted by molar-refractivity contribution is 9.10. The minimum atomic E-state index is -4.22. The molecule has 1 fully saturated rings. The molecule has 0 aliphatic heterocycles. The molecule has 3 N–H and O–H groups in total. The lowest BCUT2D eigenvalue weighted by Gasteiger charge is -2.29. The van der Waals surface area contributed by atoms with Crippen molar-refractivity contribution in [1.82, 2.24) is 0 Å². The normalized spacial score (nSPS) is 22.9. The highest BCUT2D eigenvalue weighted by Crippen LogP contribution is 2.40. The quantitative estimate of drug-likeness (QED) is 0.767. The van der Waals surface area contributed by atoms with Gasteiger partial charge in [-0.25, -0.2) is 0 Å². The number of carbonyl (C=O) groups is 1. The van der Waals surface area contributed by atoms with Crippen LogP contribution in [0.3, 0.4) is 0 Å². The van der Waals surface area contributed by atoms with E-state index in [-0.39, 0.29) is 18.7 Å². The summed E-state index contributed by atoms with van der Waals surface area (Å²) in [6.45, 7) is 0. The number of alkyl halides is 3. The topological polar surface area (TPSA) is 55.1 Å². The highest BCUT2D eigenvalue weighted by atomic mass is 79.9. The fourth-order valence-corrected chi connectivity index (χ4v) is 2.95. The fraction of sp³-hybridized carbons (Fsp3) is 0.500. The Morgan fingerprint density at radius 1 is 1.33 bits per heavy atom. The van der Waals surface area contributed by atoms with Gasteiger partial charge in [0.15, 0.2) is 0 Å². The molecule has 0 aromatic heterocycles. The van der Waals surface area contributed by atoms with Crippen LogP contribution in [0.1, 0.15) is 25.7 Å². The van der Waals surface area contributed by atoms with Crippen LogP contribution < -0.4 is 11.1 Å². The van der Waals surface area contributed by atoms with Crippen LogP contribution in [0, 0.1) is 11.8 Å². The van der Waals surface area contributed by atoms with Gasteiger partial charge in [-0.05, 0) is 53.4 Å². The van der Waals surface area contributed by atoms with Gasteiger partial charge < -0.3 is 11.1 Å². The predicted octanol–water partition coefficient (Wildman–Crippen LogP) is 4.34. The largest absolute Gasteiger partial charge is 0.398 e. The Labute approximate surface area is 129 Å². The van der Waals surface area contributed by atoms with Crippen LogP contribution in [0.15, 0.2) is 22.7 Å². The van der Waals surface area contributed by atoms with Crippen molar-refractivity contribution in [1.29, 1.82) is 0 Å². The zero-order valence-corrected chi connectivity index (χ0v) is 12.8. The summed E-state index contributed by atoms with van der Waals surface area (Å²) in [5, 5.41) is 2.66. The van der Waals surface area contributed by atoms with Gasteiger partial charge >= 0.3 is 6.18 Å². The molecule has 21 heavy (non-hydrogen) atoms. The van der Waals surface area contributed by atoms with E-state index in [1.54, 1.807) is 18.2 Å².